The first-order valence-electron chi connectivity index (χ1n) is 8.40. The number of non-ortho nitro benzene ring substituents is 1. The van der Waals surface area contributed by atoms with Crippen LogP contribution in [-0.4, -0.2) is 34.6 Å². The molecular formula is C18H13Br2N3O6S. The molecule has 0 bridgehead atoms. The summed E-state index contributed by atoms with van der Waals surface area (Å²) in [5, 5.41) is 15.4. The fourth-order valence-electron chi connectivity index (χ4n) is 2.54. The molecule has 12 heteroatoms. The number of hydrogen-bond donors (Lipinski definition) is 2. The van der Waals surface area contributed by atoms with Gasteiger partial charge in [0.25, 0.3) is 11.6 Å². The van der Waals surface area contributed by atoms with E-state index >= 15 is 0 Å². The third kappa shape index (κ3) is 5.37. The molecule has 30 heavy (non-hydrogen) atoms. The number of fused-ring (bicyclic) bond motifs is 1. The van der Waals surface area contributed by atoms with Gasteiger partial charge in [0.1, 0.15) is 0 Å². The van der Waals surface area contributed by atoms with Gasteiger partial charge in [0, 0.05) is 26.0 Å². The number of rotatable bonds is 6. The number of nitro groups is 1. The average molecular weight is 559 g/mol. The number of carbonyl (C=O) groups excluding carboxylic acids is 3. The number of halogens is 2. The van der Waals surface area contributed by atoms with E-state index in [1.54, 1.807) is 12.1 Å². The number of para-hydroxylation sites is 1. The maximum Gasteiger partial charge on any atom is 0.307 e. The van der Waals surface area contributed by atoms with Crippen LogP contribution in [0.4, 0.5) is 17.1 Å². The Kier molecular flexibility index (Phi) is 7.10. The first kappa shape index (κ1) is 22.2. The second-order valence-electron chi connectivity index (χ2n) is 6.05. The summed E-state index contributed by atoms with van der Waals surface area (Å²) in [6, 6.07) is 9.72. The van der Waals surface area contributed by atoms with Crippen molar-refractivity contribution in [2.24, 2.45) is 0 Å². The highest BCUT2D eigenvalue weighted by molar-refractivity contribution is 9.11. The minimum atomic E-state index is -0.695. The van der Waals surface area contributed by atoms with Gasteiger partial charge in [0.05, 0.1) is 28.0 Å². The standard InChI is InChI=1S/C18H13Br2N3O6S/c19-10-5-9(23(27)28)6-11(20)17(10)22-15(24)8-29-16(25)7-14-18(26)21-12-3-1-2-4-13(12)30-14/h1-6,14H,7-8H2,(H,21,26)(H,22,24)/t14-/m0/s1. The number of anilines is 2. The van der Waals surface area contributed by atoms with Gasteiger partial charge < -0.3 is 15.4 Å². The second-order valence-corrected chi connectivity index (χ2v) is 9.00. The van der Waals surface area contributed by atoms with Crippen LogP contribution in [0.15, 0.2) is 50.2 Å². The van der Waals surface area contributed by atoms with Crippen molar-refractivity contribution >= 4 is 78.5 Å². The van der Waals surface area contributed by atoms with Crippen LogP contribution in [-0.2, 0) is 19.1 Å². The molecule has 0 aromatic heterocycles. The molecule has 0 fully saturated rings. The normalized spacial score (nSPS) is 15.0. The van der Waals surface area contributed by atoms with Crippen molar-refractivity contribution in [3.8, 4) is 0 Å². The van der Waals surface area contributed by atoms with Crippen LogP contribution >= 0.6 is 43.6 Å². The predicted molar refractivity (Wildman–Crippen MR) is 117 cm³/mol. The van der Waals surface area contributed by atoms with Crippen molar-refractivity contribution in [2.75, 3.05) is 17.2 Å². The lowest BCUT2D eigenvalue weighted by molar-refractivity contribution is -0.385. The Bertz CT molecular complexity index is 1030. The fourth-order valence-corrected chi connectivity index (χ4v) is 5.00. The molecule has 9 nitrogen and oxygen atoms in total. The first-order valence-corrected chi connectivity index (χ1v) is 10.9. The topological polar surface area (TPSA) is 128 Å². The Hall–Kier alpha value is -2.44. The van der Waals surface area contributed by atoms with Crippen molar-refractivity contribution in [2.45, 2.75) is 16.6 Å². The third-order valence-corrected chi connectivity index (χ3v) is 6.45. The number of nitrogens with zero attached hydrogens (tertiary/aromatic N) is 1. The number of benzene rings is 2. The molecule has 156 valence electrons. The zero-order valence-electron chi connectivity index (χ0n) is 15.0. The minimum Gasteiger partial charge on any atom is -0.456 e. The number of ether oxygens (including phenoxy) is 1. The highest BCUT2D eigenvalue weighted by Gasteiger charge is 2.29. The van der Waals surface area contributed by atoms with Crippen LogP contribution in [0.3, 0.4) is 0 Å². The summed E-state index contributed by atoms with van der Waals surface area (Å²) in [6.45, 7) is -0.565. The summed E-state index contributed by atoms with van der Waals surface area (Å²) >= 11 is 7.57. The molecule has 0 spiro atoms. The number of amides is 2. The summed E-state index contributed by atoms with van der Waals surface area (Å²) in [5.74, 6) is -1.64. The Balaban J connectivity index is 1.54. The van der Waals surface area contributed by atoms with E-state index in [-0.39, 0.29) is 32.6 Å². The Morgan fingerprint density at radius 1 is 1.23 bits per heavy atom. The molecule has 0 saturated carbocycles. The van der Waals surface area contributed by atoms with E-state index in [2.05, 4.69) is 42.5 Å². The molecule has 2 N–H and O–H groups in total. The van der Waals surface area contributed by atoms with Gasteiger partial charge in [-0.25, -0.2) is 0 Å². The van der Waals surface area contributed by atoms with Crippen molar-refractivity contribution in [1.82, 2.24) is 0 Å². The molecule has 2 aromatic carbocycles. The van der Waals surface area contributed by atoms with E-state index in [9.17, 15) is 24.5 Å². The van der Waals surface area contributed by atoms with Gasteiger partial charge >= 0.3 is 5.97 Å². The van der Waals surface area contributed by atoms with Crippen LogP contribution in [0.1, 0.15) is 6.42 Å². The lowest BCUT2D eigenvalue weighted by Crippen LogP contribution is -2.32. The molecule has 2 amide bonds. The quantitative estimate of drug-likeness (QED) is 0.310. The number of nitro benzene ring substituents is 1. The maximum atomic E-state index is 12.1. The zero-order chi connectivity index (χ0) is 21.8. The van der Waals surface area contributed by atoms with Crippen LogP contribution < -0.4 is 10.6 Å². The lowest BCUT2D eigenvalue weighted by Gasteiger charge is -2.23. The largest absolute Gasteiger partial charge is 0.456 e. The molecule has 0 aliphatic carbocycles. The van der Waals surface area contributed by atoms with Gasteiger partial charge in [-0.1, -0.05) is 12.1 Å². The average Bonchev–Trinajstić information content (AvgIpc) is 2.69. The smallest absolute Gasteiger partial charge is 0.307 e. The van der Waals surface area contributed by atoms with Crippen LogP contribution in [0.25, 0.3) is 0 Å². The van der Waals surface area contributed by atoms with Gasteiger partial charge in [-0.05, 0) is 44.0 Å². The molecule has 1 atom stereocenters. The molecule has 0 radical (unpaired) electrons. The first-order chi connectivity index (χ1) is 14.2. The van der Waals surface area contributed by atoms with E-state index in [0.717, 1.165) is 4.90 Å². The SMILES string of the molecule is O=C(COC(=O)C[C@@H]1Sc2ccccc2NC1=O)Nc1c(Br)cc([N+](=O)[O-])cc1Br. The van der Waals surface area contributed by atoms with E-state index < -0.39 is 28.7 Å². The number of thioether (sulfide) groups is 1. The molecular weight excluding hydrogens is 546 g/mol. The Morgan fingerprint density at radius 2 is 1.90 bits per heavy atom. The Morgan fingerprint density at radius 3 is 2.57 bits per heavy atom. The van der Waals surface area contributed by atoms with Gasteiger partial charge in [0.15, 0.2) is 6.61 Å². The summed E-state index contributed by atoms with van der Waals surface area (Å²) in [4.78, 5) is 47.5. The molecule has 0 saturated heterocycles. The van der Waals surface area contributed by atoms with E-state index in [0.29, 0.717) is 5.69 Å². The van der Waals surface area contributed by atoms with E-state index in [1.165, 1.54) is 23.9 Å². The third-order valence-electron chi connectivity index (χ3n) is 3.93. The molecule has 0 unspecified atom stereocenters. The molecule has 2 aromatic rings. The highest BCUT2D eigenvalue weighted by Crippen LogP contribution is 2.37. The maximum absolute atomic E-state index is 12.1. The van der Waals surface area contributed by atoms with Crippen LogP contribution in [0, 0.1) is 10.1 Å². The molecule has 1 heterocycles. The summed E-state index contributed by atoms with van der Waals surface area (Å²) in [5.41, 5.74) is 0.791. The molecule has 1 aliphatic rings. The molecule has 1 aliphatic heterocycles. The minimum absolute atomic E-state index is 0.164. The van der Waals surface area contributed by atoms with E-state index in [4.69, 9.17) is 4.74 Å². The monoisotopic (exact) mass is 557 g/mol. The van der Waals surface area contributed by atoms with Crippen LogP contribution in [0.2, 0.25) is 0 Å². The fraction of sp³-hybridized carbons (Fsp3) is 0.167. The number of hydrogen-bond acceptors (Lipinski definition) is 7. The van der Waals surface area contributed by atoms with Crippen molar-refractivity contribution in [3.63, 3.8) is 0 Å². The van der Waals surface area contributed by atoms with Crippen molar-refractivity contribution < 1.29 is 24.0 Å². The predicted octanol–water partition coefficient (Wildman–Crippen LogP) is 4.10. The van der Waals surface area contributed by atoms with Gasteiger partial charge in [-0.2, -0.15) is 0 Å². The van der Waals surface area contributed by atoms with Gasteiger partial charge in [-0.15, -0.1) is 11.8 Å². The summed E-state index contributed by atoms with van der Waals surface area (Å²) in [6.07, 6.45) is -0.191. The number of carbonyl (C=O) groups is 3. The lowest BCUT2D eigenvalue weighted by atomic mass is 10.2. The van der Waals surface area contributed by atoms with Crippen molar-refractivity contribution in [3.05, 3.63) is 55.5 Å². The van der Waals surface area contributed by atoms with Gasteiger partial charge in [0.2, 0.25) is 5.91 Å². The number of nitrogens with one attached hydrogen (secondary N) is 2. The molecule has 3 rings (SSSR count). The second kappa shape index (κ2) is 9.58. The van der Waals surface area contributed by atoms with E-state index in [1.807, 2.05) is 12.1 Å². The summed E-state index contributed by atoms with van der Waals surface area (Å²) in [7, 11) is 0. The van der Waals surface area contributed by atoms with Crippen LogP contribution in [0.5, 0.6) is 0 Å². The Labute approximate surface area is 191 Å². The van der Waals surface area contributed by atoms with Crippen molar-refractivity contribution in [1.29, 1.82) is 0 Å². The number of esters is 1. The van der Waals surface area contributed by atoms with Gasteiger partial charge in [-0.3, -0.25) is 24.5 Å². The zero-order valence-corrected chi connectivity index (χ0v) is 19.0. The highest BCUT2D eigenvalue weighted by atomic mass is 79.9. The summed E-state index contributed by atoms with van der Waals surface area (Å²) < 4.78 is 5.55.